The minimum absolute atomic E-state index is 0.0182. The van der Waals surface area contributed by atoms with E-state index in [-0.39, 0.29) is 107 Å². The van der Waals surface area contributed by atoms with Crippen molar-refractivity contribution in [1.29, 1.82) is 10.8 Å². The number of amides is 16. The number of unbranched alkanes of at least 4 members (excludes halogenated alkanes) is 1. The molecular formula is C79H117N27O19. The molecule has 0 unspecified atom stereocenters. The van der Waals surface area contributed by atoms with Crippen molar-refractivity contribution in [2.75, 3.05) is 26.2 Å². The molecular weight excluding hydrogens is 1630 g/mol. The van der Waals surface area contributed by atoms with Gasteiger partial charge >= 0.3 is 0 Å². The first-order valence-corrected chi connectivity index (χ1v) is 40.3. The van der Waals surface area contributed by atoms with E-state index in [4.69, 9.17) is 51.0 Å². The second kappa shape index (κ2) is 51.0. The van der Waals surface area contributed by atoms with E-state index in [2.05, 4.69) is 94.7 Å². The highest BCUT2D eigenvalue weighted by molar-refractivity contribution is 6.01. The third-order valence-electron chi connectivity index (χ3n) is 19.6. The Morgan fingerprint density at radius 2 is 0.880 bits per heavy atom. The molecule has 0 bridgehead atoms. The van der Waals surface area contributed by atoms with Gasteiger partial charge in [0.25, 0.3) is 0 Å². The van der Waals surface area contributed by atoms with Gasteiger partial charge in [-0.15, -0.1) is 0 Å². The Labute approximate surface area is 718 Å². The highest BCUT2D eigenvalue weighted by atomic mass is 16.3. The number of phenolic OH excluding ortho intramolecular Hbond substituents is 2. The van der Waals surface area contributed by atoms with Gasteiger partial charge in [-0.05, 0) is 132 Å². The maximum atomic E-state index is 15.1. The van der Waals surface area contributed by atoms with Crippen molar-refractivity contribution in [2.24, 2.45) is 46.1 Å². The van der Waals surface area contributed by atoms with Crippen molar-refractivity contribution >= 4 is 117 Å². The number of carbonyl (C=O) groups is 16. The molecule has 2 aromatic heterocycles. The number of benzene rings is 3. The molecule has 682 valence electrons. The minimum Gasteiger partial charge on any atom is -0.508 e. The van der Waals surface area contributed by atoms with E-state index in [1.807, 2.05) is 6.07 Å². The Bertz CT molecular complexity index is 4550. The molecule has 0 fully saturated rings. The summed E-state index contributed by atoms with van der Waals surface area (Å²) in [6, 6.07) is -2.10. The molecule has 5 aromatic rings. The van der Waals surface area contributed by atoms with Crippen LogP contribution < -0.4 is 120 Å². The van der Waals surface area contributed by atoms with Crippen LogP contribution in [0.15, 0.2) is 91.5 Å². The van der Waals surface area contributed by atoms with Crippen LogP contribution >= 0.6 is 0 Å². The average molecular weight is 1750 g/mol. The molecule has 0 aliphatic rings. The summed E-state index contributed by atoms with van der Waals surface area (Å²) in [6.45, 7) is 6.29. The normalized spacial score (nSPS) is 14.4. The molecule has 0 aliphatic carbocycles. The molecule has 125 heavy (non-hydrogen) atoms. The van der Waals surface area contributed by atoms with E-state index in [9.17, 15) is 82.4 Å². The van der Waals surface area contributed by atoms with E-state index in [1.54, 1.807) is 38.2 Å². The summed E-state index contributed by atoms with van der Waals surface area (Å²) in [4.78, 5) is 232. The van der Waals surface area contributed by atoms with Gasteiger partial charge in [-0.25, -0.2) is 4.98 Å². The number of hydrogen-bond donors (Lipinski definition) is 29. The first-order chi connectivity index (χ1) is 59.1. The summed E-state index contributed by atoms with van der Waals surface area (Å²) in [7, 11) is 0. The lowest BCUT2D eigenvalue weighted by Crippen LogP contribution is -2.61. The largest absolute Gasteiger partial charge is 0.508 e. The number of phenols is 2. The number of rotatable bonds is 54. The van der Waals surface area contributed by atoms with Crippen molar-refractivity contribution in [2.45, 2.75) is 209 Å². The number of aliphatic hydroxyl groups excluding tert-OH is 1. The number of H-pyrrole nitrogens is 2. The van der Waals surface area contributed by atoms with E-state index in [1.165, 1.54) is 81.8 Å². The van der Waals surface area contributed by atoms with Gasteiger partial charge < -0.3 is 145 Å². The lowest BCUT2D eigenvalue weighted by molar-refractivity contribution is -0.137. The summed E-state index contributed by atoms with van der Waals surface area (Å²) < 4.78 is 0. The molecule has 3 aromatic carbocycles. The van der Waals surface area contributed by atoms with Crippen molar-refractivity contribution in [3.8, 4) is 11.5 Å². The predicted octanol–water partition coefficient (Wildman–Crippen LogP) is -7.81. The average Bonchev–Trinajstić information content (AvgIpc) is 1.39. The highest BCUT2D eigenvalue weighted by Crippen LogP contribution is 2.21. The Balaban J connectivity index is 1.40. The number of aromatic nitrogens is 3. The zero-order valence-electron chi connectivity index (χ0n) is 69.9. The first kappa shape index (κ1) is 102. The smallest absolute Gasteiger partial charge is 0.243 e. The maximum absolute atomic E-state index is 15.1. The second-order valence-corrected chi connectivity index (χ2v) is 30.2. The summed E-state index contributed by atoms with van der Waals surface area (Å²) in [6.07, 6.45) is -0.617. The Morgan fingerprint density at radius 3 is 1.34 bits per heavy atom. The molecule has 0 spiro atoms. The Hall–Kier alpha value is -14.1. The first-order valence-electron chi connectivity index (χ1n) is 40.3. The monoisotopic (exact) mass is 1750 g/mol. The number of aromatic hydroxyl groups is 2. The fourth-order valence-electron chi connectivity index (χ4n) is 12.6. The minimum atomic E-state index is -2.00. The lowest BCUT2D eigenvalue weighted by Gasteiger charge is -2.28. The topological polar surface area (TPSA) is 789 Å². The molecule has 2 heterocycles. The van der Waals surface area contributed by atoms with Crippen LogP contribution in [0.3, 0.4) is 0 Å². The SMILES string of the molecule is CC(C)[C@H](NC(=O)[C@@H](N)[C@@H](C)O)C(=O)N[C@@H](C)C(=O)NCC(=O)N[C@@H](C)C(=O)N[C@@H](CCCNC(=N)N)C(=O)N[C@@H](CCCCN)C(=O)N[C@@H](CC(N)=O)C(=O)N[C@@H](CCC(N)=O)C(=O)N[C@@H](Cc1ccc(O)cc1)C(=O)N[C@@H](CCCNC(=N)N)C(=O)N[C@@H](Cc1c[nH]cn1)C(=O)N[C@@H](Cc1ccc(O)cc1)C(=O)N[C@@H](Cc1c[nH]c2ccccc12)C(N)=O. The van der Waals surface area contributed by atoms with Crippen LogP contribution in [-0.4, -0.2) is 248 Å². The number of nitrogens with one attached hydrogen (secondary N) is 19. The highest BCUT2D eigenvalue weighted by Gasteiger charge is 2.38. The number of carbonyl (C=O) groups excluding carboxylic acids is 16. The van der Waals surface area contributed by atoms with Crippen molar-refractivity contribution in [3.63, 3.8) is 0 Å². The van der Waals surface area contributed by atoms with Gasteiger partial charge in [0.2, 0.25) is 94.5 Å². The number of nitrogens with two attached hydrogens (primary N) is 7. The molecule has 46 heteroatoms. The maximum Gasteiger partial charge on any atom is 0.243 e. The number of guanidine groups is 2. The zero-order chi connectivity index (χ0) is 92.7. The van der Waals surface area contributed by atoms with E-state index >= 15 is 9.59 Å². The van der Waals surface area contributed by atoms with Gasteiger partial charge in [0.1, 0.15) is 90.0 Å². The van der Waals surface area contributed by atoms with E-state index in [0.717, 1.165) is 10.9 Å². The number of hydrogen-bond acceptors (Lipinski definition) is 24. The molecule has 46 nitrogen and oxygen atoms in total. The van der Waals surface area contributed by atoms with Gasteiger partial charge in [-0.3, -0.25) is 87.5 Å². The van der Waals surface area contributed by atoms with Gasteiger partial charge in [-0.1, -0.05) is 56.3 Å². The second-order valence-electron chi connectivity index (χ2n) is 30.2. The molecule has 36 N–H and O–H groups in total. The van der Waals surface area contributed by atoms with Gasteiger partial charge in [0.15, 0.2) is 11.9 Å². The standard InChI is InChI=1S/C79H117N27O19/c1-39(2)64(106-76(124)63(83)42(5)107)77(125)96-40(3)66(114)93-37-62(112)95-41(4)67(115)97-52(15-10-28-90-78(85)86)68(116)98-51(14-8-9-27-80)69(117)105-59(34-61(82)111)75(123)100-54(25-26-60(81)110)71(119)102-56(30-43-17-21-47(108)22-18-43)72(120)99-53(16-11-29-91-79(87)88)70(118)104-58(33-46-36-89-38-94-46)74(122)103-57(31-44-19-23-48(109)24-20-44)73(121)101-55(65(84)113)32-45-35-92-50-13-7-6-12-49(45)50/h6-7,12-13,17-24,35-36,38-42,51-59,63-64,92,107-109H,8-11,14-16,25-34,37,80,83H2,1-5H3,(H2,81,110)(H2,82,111)(H2,84,113)(H,89,94)(H,93,114)(H,95,112)(H,96,125)(H,97,115)(H,98,116)(H,99,120)(H,100,123)(H,101,121)(H,102,119)(H,103,122)(H,104,118)(H,105,117)(H,106,124)(H4,85,86,90)(H4,87,88,91)/t40-,41-,42+,51-,52-,53-,54-,55-,56-,57-,58-,59-,63-,64-/m0/s1. The number of imidazole rings is 1. The quantitative estimate of drug-likeness (QED) is 0.00977. The number of nitrogens with zero attached hydrogens (tertiary/aromatic N) is 1. The fraction of sp³-hybridized carbons (Fsp3) is 0.481. The third-order valence-corrected chi connectivity index (χ3v) is 19.6. The number of para-hydroxylation sites is 1. The number of fused-ring (bicyclic) bond motifs is 1. The van der Waals surface area contributed by atoms with Gasteiger partial charge in [0.05, 0.1) is 31.1 Å². The van der Waals surface area contributed by atoms with Crippen LogP contribution in [-0.2, 0) is 102 Å². The Morgan fingerprint density at radius 1 is 0.440 bits per heavy atom. The van der Waals surface area contributed by atoms with Gasteiger partial charge in [-0.2, -0.15) is 0 Å². The molecule has 0 aliphatic heterocycles. The third kappa shape index (κ3) is 35.5. The fourth-order valence-corrected chi connectivity index (χ4v) is 12.6. The van der Waals surface area contributed by atoms with Crippen LogP contribution in [0.1, 0.15) is 121 Å². The zero-order valence-corrected chi connectivity index (χ0v) is 69.9. The number of aromatic amines is 2. The van der Waals surface area contributed by atoms with Crippen molar-refractivity contribution in [3.05, 3.63) is 114 Å². The summed E-state index contributed by atoms with van der Waals surface area (Å²) >= 11 is 0. The summed E-state index contributed by atoms with van der Waals surface area (Å²) in [5.74, 6) is -18.0. The number of primary amides is 3. The van der Waals surface area contributed by atoms with Crippen molar-refractivity contribution in [1.82, 2.24) is 94.7 Å². The van der Waals surface area contributed by atoms with E-state index < -0.39 is 229 Å². The van der Waals surface area contributed by atoms with Crippen LogP contribution in [0.5, 0.6) is 11.5 Å². The molecule has 16 amide bonds. The van der Waals surface area contributed by atoms with Crippen LogP contribution in [0.2, 0.25) is 0 Å². The molecule has 14 atom stereocenters. The van der Waals surface area contributed by atoms with Crippen molar-refractivity contribution < 1.29 is 92.0 Å². The molecule has 0 saturated carbocycles. The van der Waals surface area contributed by atoms with Crippen LogP contribution in [0, 0.1) is 16.7 Å². The summed E-state index contributed by atoms with van der Waals surface area (Å²) in [5.41, 5.74) is 41.9. The predicted molar refractivity (Wildman–Crippen MR) is 453 cm³/mol. The van der Waals surface area contributed by atoms with E-state index in [0.29, 0.717) is 11.1 Å². The molecule has 5 rings (SSSR count). The molecule has 0 saturated heterocycles. The summed E-state index contributed by atoms with van der Waals surface area (Å²) in [5, 5.41) is 83.9. The van der Waals surface area contributed by atoms with Gasteiger partial charge in [0, 0.05) is 68.5 Å². The van der Waals surface area contributed by atoms with Crippen LogP contribution in [0.25, 0.3) is 10.9 Å². The molecule has 0 radical (unpaired) electrons. The Kier molecular flexibility index (Phi) is 41.4. The van der Waals surface area contributed by atoms with Crippen LogP contribution in [0.4, 0.5) is 0 Å². The lowest BCUT2D eigenvalue weighted by atomic mass is 10.0. The number of aliphatic hydroxyl groups is 1.